The Bertz CT molecular complexity index is 527. The molecule has 6 heteroatoms. The highest BCUT2D eigenvalue weighted by Gasteiger charge is 2.13. The molecule has 2 rings (SSSR count). The number of rotatable bonds is 3. The van der Waals surface area contributed by atoms with E-state index in [1.807, 2.05) is 6.92 Å². The van der Waals surface area contributed by atoms with Crippen molar-refractivity contribution in [1.29, 1.82) is 0 Å². The maximum absolute atomic E-state index is 13.5. The number of hydrogen-bond donors (Lipinski definition) is 0. The molecule has 0 aliphatic rings. The van der Waals surface area contributed by atoms with Crippen molar-refractivity contribution < 1.29 is 8.78 Å². The van der Waals surface area contributed by atoms with E-state index in [-0.39, 0.29) is 10.5 Å². The molecule has 3 nitrogen and oxygen atoms in total. The molecular formula is C11H10BrF2N3. The molecule has 2 aromatic rings. The number of alkyl halides is 1. The van der Waals surface area contributed by atoms with E-state index < -0.39 is 11.6 Å². The van der Waals surface area contributed by atoms with Gasteiger partial charge in [0.25, 0.3) is 0 Å². The molecule has 1 aromatic carbocycles. The second-order valence-electron chi connectivity index (χ2n) is 3.56. The van der Waals surface area contributed by atoms with Crippen LogP contribution in [-0.2, 0) is 0 Å². The Hall–Kier alpha value is -1.30. The summed E-state index contributed by atoms with van der Waals surface area (Å²) < 4.78 is 27.7. The van der Waals surface area contributed by atoms with Gasteiger partial charge in [-0.05, 0) is 18.6 Å². The van der Waals surface area contributed by atoms with Crippen LogP contribution in [0.2, 0.25) is 0 Å². The zero-order valence-electron chi connectivity index (χ0n) is 9.07. The van der Waals surface area contributed by atoms with Gasteiger partial charge in [0.15, 0.2) is 0 Å². The van der Waals surface area contributed by atoms with Crippen LogP contribution in [0.4, 0.5) is 8.78 Å². The third-order valence-corrected chi connectivity index (χ3v) is 3.46. The zero-order chi connectivity index (χ0) is 12.4. The van der Waals surface area contributed by atoms with Crippen LogP contribution < -0.4 is 0 Å². The molecule has 0 radical (unpaired) electrons. The lowest BCUT2D eigenvalue weighted by molar-refractivity contribution is 0.584. The average molecular weight is 302 g/mol. The van der Waals surface area contributed by atoms with E-state index in [4.69, 9.17) is 0 Å². The molecule has 0 spiro atoms. The zero-order valence-corrected chi connectivity index (χ0v) is 10.7. The minimum atomic E-state index is -0.537. The number of halogens is 3. The van der Waals surface area contributed by atoms with Gasteiger partial charge in [0, 0.05) is 6.07 Å². The monoisotopic (exact) mass is 301 g/mol. The van der Waals surface area contributed by atoms with Crippen LogP contribution in [-0.4, -0.2) is 15.0 Å². The fourth-order valence-electron chi connectivity index (χ4n) is 1.41. The molecule has 1 aromatic heterocycles. The Morgan fingerprint density at radius 1 is 1.41 bits per heavy atom. The first-order valence-corrected chi connectivity index (χ1v) is 6.05. The van der Waals surface area contributed by atoms with Crippen LogP contribution in [0.5, 0.6) is 0 Å². The van der Waals surface area contributed by atoms with Gasteiger partial charge in [-0.25, -0.2) is 13.5 Å². The molecule has 17 heavy (non-hydrogen) atoms. The van der Waals surface area contributed by atoms with Gasteiger partial charge in [-0.15, -0.1) is 5.10 Å². The topological polar surface area (TPSA) is 30.7 Å². The first-order valence-electron chi connectivity index (χ1n) is 5.13. The Labute approximate surface area is 106 Å². The van der Waals surface area contributed by atoms with E-state index >= 15 is 0 Å². The van der Waals surface area contributed by atoms with Crippen molar-refractivity contribution in [3.8, 4) is 5.69 Å². The quantitative estimate of drug-likeness (QED) is 0.814. The van der Waals surface area contributed by atoms with Gasteiger partial charge in [0.2, 0.25) is 0 Å². The minimum absolute atomic E-state index is 0.0551. The maximum atomic E-state index is 13.5. The summed E-state index contributed by atoms with van der Waals surface area (Å²) in [4.78, 5) is 0.0628. The first kappa shape index (κ1) is 12.2. The lowest BCUT2D eigenvalue weighted by Crippen LogP contribution is -1.99. The van der Waals surface area contributed by atoms with E-state index in [0.717, 1.165) is 24.6 Å². The molecule has 1 unspecified atom stereocenters. The van der Waals surface area contributed by atoms with Crippen molar-refractivity contribution in [3.63, 3.8) is 0 Å². The number of hydrogen-bond acceptors (Lipinski definition) is 2. The Morgan fingerprint density at radius 3 is 2.88 bits per heavy atom. The van der Waals surface area contributed by atoms with Crippen molar-refractivity contribution in [2.45, 2.75) is 18.2 Å². The van der Waals surface area contributed by atoms with Crippen LogP contribution in [0.1, 0.15) is 23.9 Å². The SMILES string of the molecule is CCC(Br)c1cn(-c2cc(F)ccc2F)nn1. The predicted octanol–water partition coefficient (Wildman–Crippen LogP) is 3.39. The van der Waals surface area contributed by atoms with Gasteiger partial charge in [-0.2, -0.15) is 0 Å². The lowest BCUT2D eigenvalue weighted by atomic mass is 10.2. The third-order valence-electron chi connectivity index (χ3n) is 2.35. The third kappa shape index (κ3) is 2.52. The van der Waals surface area contributed by atoms with Crippen molar-refractivity contribution in [2.24, 2.45) is 0 Å². The molecule has 1 atom stereocenters. The molecular weight excluding hydrogens is 292 g/mol. The summed E-state index contributed by atoms with van der Waals surface area (Å²) in [5, 5.41) is 7.70. The summed E-state index contributed by atoms with van der Waals surface area (Å²) in [6.45, 7) is 1.99. The maximum Gasteiger partial charge on any atom is 0.149 e. The Kier molecular flexibility index (Phi) is 3.51. The highest BCUT2D eigenvalue weighted by molar-refractivity contribution is 9.09. The minimum Gasteiger partial charge on any atom is -0.217 e. The molecule has 0 fully saturated rings. The van der Waals surface area contributed by atoms with Gasteiger partial charge >= 0.3 is 0 Å². The van der Waals surface area contributed by atoms with Gasteiger partial charge < -0.3 is 0 Å². The fourth-order valence-corrected chi connectivity index (χ4v) is 1.62. The highest BCUT2D eigenvalue weighted by Crippen LogP contribution is 2.24. The van der Waals surface area contributed by atoms with Gasteiger partial charge in [-0.1, -0.05) is 28.1 Å². The van der Waals surface area contributed by atoms with E-state index in [1.165, 1.54) is 4.68 Å². The van der Waals surface area contributed by atoms with E-state index in [9.17, 15) is 8.78 Å². The molecule has 0 saturated carbocycles. The predicted molar refractivity (Wildman–Crippen MR) is 63.2 cm³/mol. The second-order valence-corrected chi connectivity index (χ2v) is 4.66. The summed E-state index contributed by atoms with van der Waals surface area (Å²) in [6, 6.07) is 3.22. The highest BCUT2D eigenvalue weighted by atomic mass is 79.9. The lowest BCUT2D eigenvalue weighted by Gasteiger charge is -2.02. The Balaban J connectivity index is 2.40. The molecule has 0 aliphatic heterocycles. The van der Waals surface area contributed by atoms with Crippen LogP contribution in [0.15, 0.2) is 24.4 Å². The summed E-state index contributed by atoms with van der Waals surface area (Å²) in [6.07, 6.45) is 2.42. The standard InChI is InChI=1S/C11H10BrF2N3/c1-2-8(12)10-6-17(16-15-10)11-5-7(13)3-4-9(11)14/h3-6,8H,2H2,1H3. The van der Waals surface area contributed by atoms with Gasteiger partial charge in [-0.3, -0.25) is 0 Å². The van der Waals surface area contributed by atoms with Crippen LogP contribution in [0.25, 0.3) is 5.69 Å². The van der Waals surface area contributed by atoms with E-state index in [2.05, 4.69) is 26.2 Å². The van der Waals surface area contributed by atoms with Crippen LogP contribution >= 0.6 is 15.9 Å². The molecule has 0 N–H and O–H groups in total. The van der Waals surface area contributed by atoms with Crippen LogP contribution in [0, 0.1) is 11.6 Å². The molecule has 1 heterocycles. The van der Waals surface area contributed by atoms with Crippen molar-refractivity contribution in [3.05, 3.63) is 41.7 Å². The normalized spacial score (nSPS) is 12.7. The molecule has 0 bridgehead atoms. The first-order chi connectivity index (χ1) is 8.11. The van der Waals surface area contributed by atoms with Gasteiger partial charge in [0.1, 0.15) is 17.3 Å². The summed E-state index contributed by atoms with van der Waals surface area (Å²) in [7, 11) is 0. The van der Waals surface area contributed by atoms with Crippen LogP contribution in [0.3, 0.4) is 0 Å². The summed E-state index contributed by atoms with van der Waals surface area (Å²) in [5.41, 5.74) is 0.746. The fraction of sp³-hybridized carbons (Fsp3) is 0.273. The number of nitrogens with zero attached hydrogens (tertiary/aromatic N) is 3. The molecule has 0 amide bonds. The largest absolute Gasteiger partial charge is 0.217 e. The summed E-state index contributed by atoms with van der Waals surface area (Å²) >= 11 is 3.42. The smallest absolute Gasteiger partial charge is 0.149 e. The van der Waals surface area contributed by atoms with E-state index in [1.54, 1.807) is 6.20 Å². The van der Waals surface area contributed by atoms with Crippen molar-refractivity contribution >= 4 is 15.9 Å². The molecule has 90 valence electrons. The number of aromatic nitrogens is 3. The molecule has 0 saturated heterocycles. The van der Waals surface area contributed by atoms with Crippen molar-refractivity contribution in [2.75, 3.05) is 0 Å². The Morgan fingerprint density at radius 2 is 2.18 bits per heavy atom. The van der Waals surface area contributed by atoms with Gasteiger partial charge in [0.05, 0.1) is 16.7 Å². The average Bonchev–Trinajstić information content (AvgIpc) is 2.80. The number of benzene rings is 1. The summed E-state index contributed by atoms with van der Waals surface area (Å²) in [5.74, 6) is -1.05. The molecule has 0 aliphatic carbocycles. The second kappa shape index (κ2) is 4.91. The van der Waals surface area contributed by atoms with E-state index in [0.29, 0.717) is 5.69 Å². The van der Waals surface area contributed by atoms with Crippen molar-refractivity contribution in [1.82, 2.24) is 15.0 Å².